The summed E-state index contributed by atoms with van der Waals surface area (Å²) >= 11 is 0. The summed E-state index contributed by atoms with van der Waals surface area (Å²) in [4.78, 5) is 16.2. The van der Waals surface area contributed by atoms with Crippen LogP contribution in [0.1, 0.15) is 59.3 Å². The maximum absolute atomic E-state index is 12.0. The van der Waals surface area contributed by atoms with Gasteiger partial charge in [-0.2, -0.15) is 0 Å². The topological polar surface area (TPSA) is 53.0 Å². The van der Waals surface area contributed by atoms with Gasteiger partial charge in [-0.15, -0.1) is 6.58 Å². The molecule has 0 radical (unpaired) electrons. The van der Waals surface area contributed by atoms with Crippen molar-refractivity contribution in [3.8, 4) is 0 Å². The third-order valence-corrected chi connectivity index (χ3v) is 5.81. The second-order valence-electron chi connectivity index (χ2n) is 9.03. The van der Waals surface area contributed by atoms with Gasteiger partial charge in [-0.05, 0) is 64.8 Å². The van der Waals surface area contributed by atoms with Crippen LogP contribution < -0.4 is 0 Å². The number of hydrogen-bond acceptors (Lipinski definition) is 3. The zero-order valence-electron chi connectivity index (χ0n) is 17.0. The summed E-state index contributed by atoms with van der Waals surface area (Å²) in [5, 5.41) is 9.84. The number of hydrogen-bond donors (Lipinski definition) is 1. The lowest BCUT2D eigenvalue weighted by Crippen LogP contribution is -2.56. The van der Waals surface area contributed by atoms with Gasteiger partial charge in [0.05, 0.1) is 13.2 Å². The number of carbonyl (C=O) groups is 1. The van der Waals surface area contributed by atoms with E-state index in [1.165, 1.54) is 19.3 Å². The van der Waals surface area contributed by atoms with E-state index in [-0.39, 0.29) is 11.6 Å². The fourth-order valence-electron chi connectivity index (χ4n) is 4.77. The van der Waals surface area contributed by atoms with Gasteiger partial charge in [0.25, 0.3) is 0 Å². The maximum Gasteiger partial charge on any atom is 0.407 e. The summed E-state index contributed by atoms with van der Waals surface area (Å²) in [5.74, 6) is 1.02. The Labute approximate surface area is 159 Å². The van der Waals surface area contributed by atoms with Crippen LogP contribution in [-0.2, 0) is 4.74 Å². The smallest absolute Gasteiger partial charge is 0.407 e. The molecule has 0 spiro atoms. The third-order valence-electron chi connectivity index (χ3n) is 5.81. The lowest BCUT2D eigenvalue weighted by molar-refractivity contribution is 0.0124. The molecule has 1 amide bonds. The number of carboxylic acid groups (broad SMARTS) is 1. The molecule has 3 atom stereocenters. The molecule has 150 valence electrons. The minimum Gasteiger partial charge on any atom is -0.465 e. The first-order chi connectivity index (χ1) is 12.3. The largest absolute Gasteiger partial charge is 0.465 e. The Kier molecular flexibility index (Phi) is 7.96. The van der Waals surface area contributed by atoms with E-state index in [2.05, 4.69) is 11.5 Å². The summed E-state index contributed by atoms with van der Waals surface area (Å²) < 4.78 is 5.67. The Balaban J connectivity index is 1.98. The minimum atomic E-state index is -0.774. The van der Waals surface area contributed by atoms with Gasteiger partial charge in [0.15, 0.2) is 0 Å². The second kappa shape index (κ2) is 9.75. The number of ether oxygens (including phenoxy) is 1. The van der Waals surface area contributed by atoms with Crippen molar-refractivity contribution in [2.45, 2.75) is 70.9 Å². The molecule has 5 nitrogen and oxygen atoms in total. The summed E-state index contributed by atoms with van der Waals surface area (Å²) in [5.41, 5.74) is -0.352. The molecule has 2 rings (SSSR count). The van der Waals surface area contributed by atoms with Crippen LogP contribution in [0, 0.1) is 11.8 Å². The van der Waals surface area contributed by atoms with E-state index in [1.807, 2.05) is 20.8 Å². The first-order valence-electron chi connectivity index (χ1n) is 10.3. The van der Waals surface area contributed by atoms with E-state index in [0.29, 0.717) is 18.4 Å². The lowest BCUT2D eigenvalue weighted by atomic mass is 9.81. The molecule has 26 heavy (non-hydrogen) atoms. The Morgan fingerprint density at radius 2 is 2.00 bits per heavy atom. The molecule has 1 saturated carbocycles. The number of amides is 1. The highest BCUT2D eigenvalue weighted by Crippen LogP contribution is 2.34. The molecule has 1 aliphatic heterocycles. The molecule has 5 heteroatoms. The monoisotopic (exact) mass is 366 g/mol. The maximum atomic E-state index is 12.0. The average Bonchev–Trinajstić information content (AvgIpc) is 2.56. The quantitative estimate of drug-likeness (QED) is 0.541. The Morgan fingerprint density at radius 3 is 2.65 bits per heavy atom. The highest BCUT2D eigenvalue weighted by atomic mass is 16.5. The van der Waals surface area contributed by atoms with Crippen LogP contribution in [0.2, 0.25) is 0 Å². The predicted octanol–water partition coefficient (Wildman–Crippen LogP) is 4.24. The van der Waals surface area contributed by atoms with Gasteiger partial charge in [0.2, 0.25) is 0 Å². The van der Waals surface area contributed by atoms with E-state index < -0.39 is 6.09 Å². The molecule has 0 aromatic rings. The molecular weight excluding hydrogens is 328 g/mol. The van der Waals surface area contributed by atoms with Crippen LogP contribution in [0.15, 0.2) is 12.7 Å². The van der Waals surface area contributed by atoms with Gasteiger partial charge < -0.3 is 19.6 Å². The zero-order chi connectivity index (χ0) is 19.2. The van der Waals surface area contributed by atoms with Crippen molar-refractivity contribution >= 4 is 6.09 Å². The third kappa shape index (κ3) is 5.98. The molecule has 1 saturated heterocycles. The number of piperidine rings is 1. The van der Waals surface area contributed by atoms with Gasteiger partial charge in [-0.1, -0.05) is 18.9 Å². The van der Waals surface area contributed by atoms with E-state index in [0.717, 1.165) is 45.5 Å². The molecule has 1 aliphatic carbocycles. The van der Waals surface area contributed by atoms with Crippen LogP contribution in [0.5, 0.6) is 0 Å². The van der Waals surface area contributed by atoms with E-state index in [4.69, 9.17) is 4.74 Å². The molecule has 0 aromatic heterocycles. The van der Waals surface area contributed by atoms with Crippen LogP contribution >= 0.6 is 0 Å². The lowest BCUT2D eigenvalue weighted by Gasteiger charge is -2.47. The highest BCUT2D eigenvalue weighted by molar-refractivity contribution is 5.66. The van der Waals surface area contributed by atoms with Crippen molar-refractivity contribution < 1.29 is 14.6 Å². The van der Waals surface area contributed by atoms with Crippen LogP contribution in [0.3, 0.4) is 0 Å². The average molecular weight is 367 g/mol. The number of likely N-dealkylation sites (tertiary alicyclic amines) is 1. The Morgan fingerprint density at radius 1 is 1.27 bits per heavy atom. The van der Waals surface area contributed by atoms with Crippen molar-refractivity contribution in [2.24, 2.45) is 11.8 Å². The van der Waals surface area contributed by atoms with Crippen molar-refractivity contribution in [3.05, 3.63) is 12.7 Å². The molecule has 0 bridgehead atoms. The standard InChI is InChI=1S/C21H38N2O3/c1-5-13-26-16-17-9-8-12-22(14-17)15-18-10-6-7-11-19(18)23(20(24)25)21(2,3)4/h5,17-19H,1,6-16H2,2-4H3,(H,24,25)/t17-,18-,19+/m0/s1. The predicted molar refractivity (Wildman–Crippen MR) is 106 cm³/mol. The molecule has 2 aliphatic rings. The first-order valence-corrected chi connectivity index (χ1v) is 10.3. The zero-order valence-corrected chi connectivity index (χ0v) is 17.0. The van der Waals surface area contributed by atoms with Crippen LogP contribution in [-0.4, -0.2) is 65.4 Å². The SMILES string of the molecule is C=CCOC[C@H]1CCCN(C[C@@H]2CCCC[C@H]2N(C(=O)O)C(C)(C)C)C1. The van der Waals surface area contributed by atoms with Crippen molar-refractivity contribution in [1.29, 1.82) is 0 Å². The van der Waals surface area contributed by atoms with Gasteiger partial charge in [0.1, 0.15) is 0 Å². The molecular formula is C21H38N2O3. The first kappa shape index (κ1) is 21.2. The molecule has 0 aromatic carbocycles. The van der Waals surface area contributed by atoms with Crippen LogP contribution in [0.4, 0.5) is 4.79 Å². The van der Waals surface area contributed by atoms with Crippen molar-refractivity contribution in [1.82, 2.24) is 9.80 Å². The van der Waals surface area contributed by atoms with E-state index in [9.17, 15) is 9.90 Å². The minimum absolute atomic E-state index is 0.138. The van der Waals surface area contributed by atoms with Gasteiger partial charge in [0, 0.05) is 24.7 Å². The number of nitrogens with zero attached hydrogens (tertiary/aromatic N) is 2. The van der Waals surface area contributed by atoms with Crippen LogP contribution in [0.25, 0.3) is 0 Å². The van der Waals surface area contributed by atoms with Gasteiger partial charge in [-0.25, -0.2) is 4.79 Å². The molecule has 1 heterocycles. The fourth-order valence-corrected chi connectivity index (χ4v) is 4.77. The van der Waals surface area contributed by atoms with Gasteiger partial charge in [-0.3, -0.25) is 0 Å². The Bertz CT molecular complexity index is 461. The molecule has 0 unspecified atom stereocenters. The second-order valence-corrected chi connectivity index (χ2v) is 9.03. The molecule has 1 N–H and O–H groups in total. The summed E-state index contributed by atoms with van der Waals surface area (Å²) in [7, 11) is 0. The van der Waals surface area contributed by atoms with Gasteiger partial charge >= 0.3 is 6.09 Å². The number of rotatable bonds is 7. The highest BCUT2D eigenvalue weighted by Gasteiger charge is 2.39. The van der Waals surface area contributed by atoms with E-state index in [1.54, 1.807) is 11.0 Å². The normalized spacial score (nSPS) is 27.9. The summed E-state index contributed by atoms with van der Waals surface area (Å²) in [6.07, 6.45) is 7.96. The summed E-state index contributed by atoms with van der Waals surface area (Å²) in [6, 6.07) is 0.138. The Hall–Kier alpha value is -1.07. The van der Waals surface area contributed by atoms with Crippen molar-refractivity contribution in [2.75, 3.05) is 32.8 Å². The fraction of sp³-hybridized carbons (Fsp3) is 0.857. The molecule has 2 fully saturated rings. The van der Waals surface area contributed by atoms with E-state index >= 15 is 0 Å². The summed E-state index contributed by atoms with van der Waals surface area (Å²) in [6.45, 7) is 14.4. The van der Waals surface area contributed by atoms with Crippen molar-refractivity contribution in [3.63, 3.8) is 0 Å².